The first kappa shape index (κ1) is 15.2. The molecule has 0 bridgehead atoms. The number of nitrogens with zero attached hydrogens (tertiary/aromatic N) is 4. The van der Waals surface area contributed by atoms with Gasteiger partial charge in [0.2, 0.25) is 0 Å². The molecule has 1 aliphatic rings. The predicted molar refractivity (Wildman–Crippen MR) is 81.4 cm³/mol. The highest BCUT2D eigenvalue weighted by atomic mass is 16.6. The van der Waals surface area contributed by atoms with Gasteiger partial charge in [0.25, 0.3) is 11.6 Å². The highest BCUT2D eigenvalue weighted by Gasteiger charge is 2.24. The van der Waals surface area contributed by atoms with Crippen molar-refractivity contribution >= 4 is 11.6 Å². The molecule has 23 heavy (non-hydrogen) atoms. The van der Waals surface area contributed by atoms with Crippen molar-refractivity contribution in [3.8, 4) is 5.69 Å². The SMILES string of the molecule is O=C(c1ccn(-c2cccc([N+](=O)[O-])c2)n1)N1CCC(O)CC1. The van der Waals surface area contributed by atoms with Gasteiger partial charge >= 0.3 is 0 Å². The number of carbonyl (C=O) groups excluding carboxylic acids is 1. The third kappa shape index (κ3) is 3.21. The van der Waals surface area contributed by atoms with Crippen molar-refractivity contribution in [3.05, 3.63) is 52.3 Å². The van der Waals surface area contributed by atoms with Gasteiger partial charge in [-0.3, -0.25) is 14.9 Å². The van der Waals surface area contributed by atoms with Crippen LogP contribution in [-0.4, -0.2) is 49.8 Å². The Kier molecular flexibility index (Phi) is 4.07. The molecule has 1 aromatic carbocycles. The summed E-state index contributed by atoms with van der Waals surface area (Å²) in [6.45, 7) is 1.01. The van der Waals surface area contributed by atoms with E-state index in [0.29, 0.717) is 31.6 Å². The van der Waals surface area contributed by atoms with E-state index in [2.05, 4.69) is 5.10 Å². The Morgan fingerprint density at radius 2 is 2.04 bits per heavy atom. The van der Waals surface area contributed by atoms with Gasteiger partial charge in [-0.15, -0.1) is 0 Å². The zero-order valence-electron chi connectivity index (χ0n) is 12.3. The molecule has 0 atom stereocenters. The summed E-state index contributed by atoms with van der Waals surface area (Å²) < 4.78 is 1.44. The molecule has 1 aromatic heterocycles. The summed E-state index contributed by atoms with van der Waals surface area (Å²) >= 11 is 0. The molecule has 1 amide bonds. The number of carbonyl (C=O) groups is 1. The standard InChI is InChI=1S/C15H16N4O4/c20-13-4-7-17(8-5-13)15(21)14-6-9-18(16-14)11-2-1-3-12(10-11)19(22)23/h1-3,6,9-10,13,20H,4-5,7-8H2. The van der Waals surface area contributed by atoms with Crippen molar-refractivity contribution in [1.82, 2.24) is 14.7 Å². The molecule has 0 unspecified atom stereocenters. The lowest BCUT2D eigenvalue weighted by molar-refractivity contribution is -0.384. The molecule has 8 heteroatoms. The monoisotopic (exact) mass is 316 g/mol. The normalized spacial score (nSPS) is 15.6. The molecule has 8 nitrogen and oxygen atoms in total. The van der Waals surface area contributed by atoms with Crippen LogP contribution in [0, 0.1) is 10.1 Å². The first-order chi connectivity index (χ1) is 11.0. The molecule has 1 fully saturated rings. The topological polar surface area (TPSA) is 102 Å². The number of non-ortho nitro benzene ring substituents is 1. The van der Waals surface area contributed by atoms with Crippen molar-refractivity contribution in [2.45, 2.75) is 18.9 Å². The molecule has 120 valence electrons. The molecule has 3 rings (SSSR count). The molecule has 2 aromatic rings. The maximum absolute atomic E-state index is 12.4. The zero-order valence-corrected chi connectivity index (χ0v) is 12.3. The lowest BCUT2D eigenvalue weighted by atomic mass is 10.1. The number of nitro groups is 1. The van der Waals surface area contributed by atoms with Crippen LogP contribution in [0.2, 0.25) is 0 Å². The lowest BCUT2D eigenvalue weighted by Crippen LogP contribution is -2.40. The highest BCUT2D eigenvalue weighted by Crippen LogP contribution is 2.17. The van der Waals surface area contributed by atoms with E-state index in [4.69, 9.17) is 0 Å². The summed E-state index contributed by atoms with van der Waals surface area (Å²) in [5.74, 6) is -0.193. The second kappa shape index (κ2) is 6.17. The summed E-state index contributed by atoms with van der Waals surface area (Å²) in [6.07, 6.45) is 2.39. The van der Waals surface area contributed by atoms with Gasteiger partial charge in [-0.2, -0.15) is 5.10 Å². The minimum Gasteiger partial charge on any atom is -0.393 e. The van der Waals surface area contributed by atoms with E-state index in [1.807, 2.05) is 0 Å². The largest absolute Gasteiger partial charge is 0.393 e. The van der Waals surface area contributed by atoms with Gasteiger partial charge in [0.15, 0.2) is 5.69 Å². The first-order valence-electron chi connectivity index (χ1n) is 7.32. The van der Waals surface area contributed by atoms with Crippen LogP contribution in [0.25, 0.3) is 5.69 Å². The van der Waals surface area contributed by atoms with Gasteiger partial charge in [-0.05, 0) is 25.0 Å². The average molecular weight is 316 g/mol. The smallest absolute Gasteiger partial charge is 0.274 e. The van der Waals surface area contributed by atoms with E-state index in [1.165, 1.54) is 16.8 Å². The Morgan fingerprint density at radius 1 is 1.30 bits per heavy atom. The van der Waals surface area contributed by atoms with Crippen LogP contribution in [0.15, 0.2) is 36.5 Å². The summed E-state index contributed by atoms with van der Waals surface area (Å²) in [5, 5.41) is 24.5. The van der Waals surface area contributed by atoms with Crippen LogP contribution < -0.4 is 0 Å². The van der Waals surface area contributed by atoms with Crippen LogP contribution in [0.3, 0.4) is 0 Å². The Balaban J connectivity index is 1.79. The van der Waals surface area contributed by atoms with Gasteiger partial charge < -0.3 is 10.0 Å². The number of nitro benzene ring substituents is 1. The van der Waals surface area contributed by atoms with Crippen LogP contribution >= 0.6 is 0 Å². The van der Waals surface area contributed by atoms with Crippen molar-refractivity contribution in [2.24, 2.45) is 0 Å². The van der Waals surface area contributed by atoms with Crippen LogP contribution in [0.4, 0.5) is 5.69 Å². The van der Waals surface area contributed by atoms with E-state index >= 15 is 0 Å². The van der Waals surface area contributed by atoms with E-state index in [0.717, 1.165) is 0 Å². The number of aliphatic hydroxyl groups excluding tert-OH is 1. The molecule has 0 aliphatic carbocycles. The van der Waals surface area contributed by atoms with Crippen molar-refractivity contribution in [1.29, 1.82) is 0 Å². The molecular weight excluding hydrogens is 300 g/mol. The molecular formula is C15H16N4O4. The minimum atomic E-state index is -0.474. The van der Waals surface area contributed by atoms with Gasteiger partial charge in [0.05, 0.1) is 16.7 Å². The number of hydrogen-bond donors (Lipinski definition) is 1. The fourth-order valence-corrected chi connectivity index (χ4v) is 2.56. The molecule has 1 aliphatic heterocycles. The van der Waals surface area contributed by atoms with Gasteiger partial charge in [-0.1, -0.05) is 6.07 Å². The number of piperidine rings is 1. The second-order valence-corrected chi connectivity index (χ2v) is 5.45. The number of aromatic nitrogens is 2. The maximum Gasteiger partial charge on any atom is 0.274 e. The molecule has 0 saturated carbocycles. The predicted octanol–water partition coefficient (Wildman–Crippen LogP) is 1.38. The third-order valence-electron chi connectivity index (χ3n) is 3.86. The molecule has 0 radical (unpaired) electrons. The number of likely N-dealkylation sites (tertiary alicyclic amines) is 1. The molecule has 0 spiro atoms. The quantitative estimate of drug-likeness (QED) is 0.681. The van der Waals surface area contributed by atoms with Crippen molar-refractivity contribution < 1.29 is 14.8 Å². The van der Waals surface area contributed by atoms with Crippen LogP contribution in [0.5, 0.6) is 0 Å². The zero-order chi connectivity index (χ0) is 16.4. The first-order valence-corrected chi connectivity index (χ1v) is 7.32. The summed E-state index contributed by atoms with van der Waals surface area (Å²) in [6, 6.07) is 7.65. The van der Waals surface area contributed by atoms with E-state index in [9.17, 15) is 20.0 Å². The highest BCUT2D eigenvalue weighted by molar-refractivity contribution is 5.92. The number of hydrogen-bond acceptors (Lipinski definition) is 5. The Bertz CT molecular complexity index is 735. The molecule has 1 saturated heterocycles. The second-order valence-electron chi connectivity index (χ2n) is 5.45. The maximum atomic E-state index is 12.4. The number of benzene rings is 1. The number of rotatable bonds is 3. The Labute approximate surface area is 132 Å². The lowest BCUT2D eigenvalue weighted by Gasteiger charge is -2.28. The van der Waals surface area contributed by atoms with E-state index in [1.54, 1.807) is 29.3 Å². The Hall–Kier alpha value is -2.74. The fraction of sp³-hybridized carbons (Fsp3) is 0.333. The van der Waals surface area contributed by atoms with Gasteiger partial charge in [0, 0.05) is 31.4 Å². The van der Waals surface area contributed by atoms with Crippen LogP contribution in [-0.2, 0) is 0 Å². The number of aliphatic hydroxyl groups is 1. The summed E-state index contributed by atoms with van der Waals surface area (Å²) in [7, 11) is 0. The fourth-order valence-electron chi connectivity index (χ4n) is 2.56. The van der Waals surface area contributed by atoms with Crippen molar-refractivity contribution in [3.63, 3.8) is 0 Å². The van der Waals surface area contributed by atoms with Crippen LogP contribution in [0.1, 0.15) is 23.3 Å². The minimum absolute atomic E-state index is 0.0316. The van der Waals surface area contributed by atoms with E-state index < -0.39 is 4.92 Å². The third-order valence-corrected chi connectivity index (χ3v) is 3.86. The molecule has 1 N–H and O–H groups in total. The molecule has 2 heterocycles. The van der Waals surface area contributed by atoms with Gasteiger partial charge in [-0.25, -0.2) is 4.68 Å². The Morgan fingerprint density at radius 3 is 2.74 bits per heavy atom. The van der Waals surface area contributed by atoms with Gasteiger partial charge in [0.1, 0.15) is 0 Å². The average Bonchev–Trinajstić information content (AvgIpc) is 3.05. The summed E-state index contributed by atoms with van der Waals surface area (Å²) in [5.41, 5.74) is 0.774. The number of amides is 1. The summed E-state index contributed by atoms with van der Waals surface area (Å²) in [4.78, 5) is 24.4. The van der Waals surface area contributed by atoms with E-state index in [-0.39, 0.29) is 23.4 Å². The van der Waals surface area contributed by atoms with Crippen molar-refractivity contribution in [2.75, 3.05) is 13.1 Å².